The van der Waals surface area contributed by atoms with Crippen LogP contribution in [0.25, 0.3) is 5.57 Å². The smallest absolute Gasteiger partial charge is 0.286 e. The second-order valence-electron chi connectivity index (χ2n) is 7.58. The number of para-hydroxylation sites is 2. The van der Waals surface area contributed by atoms with E-state index in [2.05, 4.69) is 38.2 Å². The van der Waals surface area contributed by atoms with E-state index in [1.165, 1.54) is 5.57 Å². The van der Waals surface area contributed by atoms with E-state index in [1.807, 2.05) is 41.3 Å². The lowest BCUT2D eigenvalue weighted by atomic mass is 9.89. The molecule has 3 aliphatic rings. The average molecular weight is 332 g/mol. The van der Waals surface area contributed by atoms with Gasteiger partial charge in [-0.05, 0) is 32.4 Å². The highest BCUT2D eigenvalue weighted by atomic mass is 16.5. The van der Waals surface area contributed by atoms with Gasteiger partial charge in [-0.3, -0.25) is 9.69 Å². The molecule has 1 N–H and O–H groups in total. The van der Waals surface area contributed by atoms with Gasteiger partial charge in [-0.25, -0.2) is 0 Å². The number of ether oxygens (including phenoxy) is 1. The molecule has 4 nitrogen and oxygen atoms in total. The van der Waals surface area contributed by atoms with Crippen molar-refractivity contribution in [2.45, 2.75) is 38.6 Å². The molecule has 126 valence electrons. The Kier molecular flexibility index (Phi) is 2.66. The zero-order valence-electron chi connectivity index (χ0n) is 14.6. The van der Waals surface area contributed by atoms with Crippen molar-refractivity contribution in [2.75, 3.05) is 10.2 Å². The number of allylic oxidation sites excluding steroid dienone is 1. The summed E-state index contributed by atoms with van der Waals surface area (Å²) in [5.74, 6) is -0.0433. The first-order valence-electron chi connectivity index (χ1n) is 8.62. The highest BCUT2D eigenvalue weighted by molar-refractivity contribution is 6.13. The standard InChI is InChI=1S/C21H20N2O2/c1-13-11-20(2,3)23-18-15(13)8-6-9-16(18)21(19(23)24)22-17-10-5-4-7-14(17)12-25-21/h4-11,22H,12H2,1-3H3. The van der Waals surface area contributed by atoms with E-state index in [1.54, 1.807) is 0 Å². The minimum absolute atomic E-state index is 0.0433. The molecular weight excluding hydrogens is 312 g/mol. The highest BCUT2D eigenvalue weighted by Gasteiger charge is 2.58. The Bertz CT molecular complexity index is 960. The number of fused-ring (bicyclic) bond motifs is 2. The number of anilines is 2. The van der Waals surface area contributed by atoms with Crippen LogP contribution >= 0.6 is 0 Å². The predicted molar refractivity (Wildman–Crippen MR) is 98.2 cm³/mol. The maximum absolute atomic E-state index is 13.6. The quantitative estimate of drug-likeness (QED) is 0.792. The molecular formula is C21H20N2O2. The fourth-order valence-electron chi connectivity index (χ4n) is 4.42. The van der Waals surface area contributed by atoms with Gasteiger partial charge < -0.3 is 10.1 Å². The van der Waals surface area contributed by atoms with Crippen molar-refractivity contribution in [1.82, 2.24) is 0 Å². The molecule has 0 fully saturated rings. The van der Waals surface area contributed by atoms with Crippen molar-refractivity contribution in [1.29, 1.82) is 0 Å². The van der Waals surface area contributed by atoms with E-state index < -0.39 is 11.3 Å². The Balaban J connectivity index is 1.76. The number of hydrogen-bond acceptors (Lipinski definition) is 3. The molecule has 0 bridgehead atoms. The first-order valence-corrected chi connectivity index (χ1v) is 8.62. The van der Waals surface area contributed by atoms with Crippen LogP contribution in [0.3, 0.4) is 0 Å². The minimum atomic E-state index is -1.14. The highest BCUT2D eigenvalue weighted by Crippen LogP contribution is 2.53. The number of carbonyl (C=O) groups excluding carboxylic acids is 1. The summed E-state index contributed by atoms with van der Waals surface area (Å²) in [5.41, 5.74) is 4.67. The molecule has 1 atom stereocenters. The maximum Gasteiger partial charge on any atom is 0.286 e. The second kappa shape index (κ2) is 4.52. The molecule has 5 rings (SSSR count). The number of nitrogens with one attached hydrogen (secondary N) is 1. The van der Waals surface area contributed by atoms with Crippen LogP contribution < -0.4 is 10.2 Å². The predicted octanol–water partition coefficient (Wildman–Crippen LogP) is 4.02. The number of rotatable bonds is 0. The van der Waals surface area contributed by atoms with Crippen molar-refractivity contribution in [3.63, 3.8) is 0 Å². The molecule has 2 aromatic carbocycles. The molecule has 2 aromatic rings. The van der Waals surface area contributed by atoms with Crippen molar-refractivity contribution in [3.8, 4) is 0 Å². The Morgan fingerprint density at radius 2 is 1.92 bits per heavy atom. The molecule has 25 heavy (non-hydrogen) atoms. The summed E-state index contributed by atoms with van der Waals surface area (Å²) < 4.78 is 6.21. The van der Waals surface area contributed by atoms with Gasteiger partial charge in [-0.15, -0.1) is 0 Å². The molecule has 1 amide bonds. The van der Waals surface area contributed by atoms with Crippen LogP contribution in [0.15, 0.2) is 48.5 Å². The Morgan fingerprint density at radius 3 is 2.76 bits per heavy atom. The van der Waals surface area contributed by atoms with Gasteiger partial charge in [0.2, 0.25) is 5.72 Å². The zero-order valence-corrected chi connectivity index (χ0v) is 14.6. The summed E-state index contributed by atoms with van der Waals surface area (Å²) in [7, 11) is 0. The fraction of sp³-hybridized carbons (Fsp3) is 0.286. The monoisotopic (exact) mass is 332 g/mol. The third kappa shape index (κ3) is 1.72. The van der Waals surface area contributed by atoms with Crippen LogP contribution in [0.1, 0.15) is 37.5 Å². The van der Waals surface area contributed by atoms with Crippen LogP contribution in [0.2, 0.25) is 0 Å². The van der Waals surface area contributed by atoms with Crippen molar-refractivity contribution in [2.24, 2.45) is 0 Å². The molecule has 1 spiro atoms. The number of carbonyl (C=O) groups is 1. The van der Waals surface area contributed by atoms with Gasteiger partial charge >= 0.3 is 0 Å². The molecule has 0 aliphatic carbocycles. The van der Waals surface area contributed by atoms with Crippen LogP contribution in [-0.2, 0) is 21.9 Å². The van der Waals surface area contributed by atoms with Gasteiger partial charge in [0.15, 0.2) is 0 Å². The Hall–Kier alpha value is -2.59. The normalized spacial score (nSPS) is 25.3. The third-order valence-electron chi connectivity index (χ3n) is 5.49. The molecule has 3 heterocycles. The summed E-state index contributed by atoms with van der Waals surface area (Å²) in [5, 5.41) is 3.41. The molecule has 0 radical (unpaired) electrons. The third-order valence-corrected chi connectivity index (χ3v) is 5.49. The largest absolute Gasteiger partial charge is 0.345 e. The van der Waals surface area contributed by atoms with Gasteiger partial charge in [-0.1, -0.05) is 42.5 Å². The molecule has 1 unspecified atom stereocenters. The number of nitrogens with zero attached hydrogens (tertiary/aromatic N) is 1. The van der Waals surface area contributed by atoms with E-state index in [4.69, 9.17) is 4.74 Å². The van der Waals surface area contributed by atoms with Crippen LogP contribution in [0.5, 0.6) is 0 Å². The van der Waals surface area contributed by atoms with Gasteiger partial charge in [0, 0.05) is 22.4 Å². The van der Waals surface area contributed by atoms with Gasteiger partial charge in [0.25, 0.3) is 5.91 Å². The zero-order chi connectivity index (χ0) is 17.4. The lowest BCUT2D eigenvalue weighted by Crippen LogP contribution is -2.55. The number of hydrogen-bond donors (Lipinski definition) is 1. The molecule has 3 aliphatic heterocycles. The molecule has 4 heteroatoms. The van der Waals surface area contributed by atoms with Crippen LogP contribution in [-0.4, -0.2) is 11.4 Å². The SMILES string of the molecule is CC1=CC(C)(C)N2C(=O)C3(Nc4ccccc4CO3)c3cccc1c32. The van der Waals surface area contributed by atoms with E-state index >= 15 is 0 Å². The van der Waals surface area contributed by atoms with Crippen molar-refractivity contribution in [3.05, 3.63) is 65.2 Å². The van der Waals surface area contributed by atoms with Crippen LogP contribution in [0.4, 0.5) is 11.4 Å². The van der Waals surface area contributed by atoms with Gasteiger partial charge in [0.1, 0.15) is 0 Å². The Morgan fingerprint density at radius 1 is 1.12 bits per heavy atom. The second-order valence-corrected chi connectivity index (χ2v) is 7.58. The summed E-state index contributed by atoms with van der Waals surface area (Å²) >= 11 is 0. The van der Waals surface area contributed by atoms with Gasteiger partial charge in [-0.2, -0.15) is 0 Å². The van der Waals surface area contributed by atoms with Gasteiger partial charge in [0.05, 0.1) is 17.8 Å². The van der Waals surface area contributed by atoms with E-state index in [-0.39, 0.29) is 5.91 Å². The van der Waals surface area contributed by atoms with E-state index in [0.29, 0.717) is 6.61 Å². The Labute approximate surface area is 147 Å². The van der Waals surface area contributed by atoms with E-state index in [9.17, 15) is 4.79 Å². The molecule has 0 saturated heterocycles. The van der Waals surface area contributed by atoms with E-state index in [0.717, 1.165) is 28.1 Å². The molecule has 0 aromatic heterocycles. The summed E-state index contributed by atoms with van der Waals surface area (Å²) in [6.45, 7) is 6.67. The first-order chi connectivity index (χ1) is 11.9. The van der Waals surface area contributed by atoms with Crippen LogP contribution in [0, 0.1) is 0 Å². The first kappa shape index (κ1) is 14.7. The maximum atomic E-state index is 13.6. The average Bonchev–Trinajstić information content (AvgIpc) is 2.83. The molecule has 0 saturated carbocycles. The van der Waals surface area contributed by atoms with Crippen molar-refractivity contribution < 1.29 is 9.53 Å². The summed E-state index contributed by atoms with van der Waals surface area (Å²) in [6.07, 6.45) is 2.16. The lowest BCUT2D eigenvalue weighted by Gasteiger charge is -2.40. The fourth-order valence-corrected chi connectivity index (χ4v) is 4.42. The van der Waals surface area contributed by atoms with Crippen molar-refractivity contribution >= 4 is 22.9 Å². The topological polar surface area (TPSA) is 41.6 Å². The lowest BCUT2D eigenvalue weighted by molar-refractivity contribution is -0.143. The summed E-state index contributed by atoms with van der Waals surface area (Å²) in [6, 6.07) is 14.1. The number of amides is 1. The summed E-state index contributed by atoms with van der Waals surface area (Å²) in [4.78, 5) is 15.5. The minimum Gasteiger partial charge on any atom is -0.345 e. The number of benzene rings is 2.